The van der Waals surface area contributed by atoms with E-state index in [1.807, 2.05) is 38.1 Å². The number of benzene rings is 1. The summed E-state index contributed by atoms with van der Waals surface area (Å²) in [4.78, 5) is 16.6. The molecule has 1 unspecified atom stereocenters. The molecule has 0 spiro atoms. The Hall–Kier alpha value is -2.17. The van der Waals surface area contributed by atoms with Crippen LogP contribution >= 0.6 is 0 Å². The average molecular weight is 288 g/mol. The van der Waals surface area contributed by atoms with Crippen LogP contribution in [0.1, 0.15) is 49.0 Å². The number of ether oxygens (including phenoxy) is 1. The second-order valence-electron chi connectivity index (χ2n) is 4.89. The second-order valence-corrected chi connectivity index (χ2v) is 4.89. The molecule has 0 fully saturated rings. The van der Waals surface area contributed by atoms with E-state index in [2.05, 4.69) is 10.1 Å². The molecule has 1 aromatic carbocycles. The molecule has 1 atom stereocenters. The maximum atomic E-state index is 12.2. The number of rotatable bonds is 6. The third kappa shape index (κ3) is 3.68. The fourth-order valence-corrected chi connectivity index (χ4v) is 2.07. The van der Waals surface area contributed by atoms with Crippen molar-refractivity contribution >= 4 is 5.97 Å². The van der Waals surface area contributed by atoms with Gasteiger partial charge in [-0.2, -0.15) is 4.98 Å². The Labute approximate surface area is 124 Å². The Morgan fingerprint density at radius 3 is 2.62 bits per heavy atom. The molecule has 0 aliphatic rings. The van der Waals surface area contributed by atoms with Gasteiger partial charge in [0.1, 0.15) is 0 Å². The molecule has 0 N–H and O–H groups in total. The van der Waals surface area contributed by atoms with Crippen LogP contribution in [0.15, 0.2) is 28.8 Å². The topological polar surface area (TPSA) is 65.2 Å². The molecule has 2 aromatic rings. The summed E-state index contributed by atoms with van der Waals surface area (Å²) in [5.74, 6) is -0.119. The molecule has 1 aromatic heterocycles. The van der Waals surface area contributed by atoms with Gasteiger partial charge in [0.15, 0.2) is 11.7 Å². The maximum absolute atomic E-state index is 12.2. The second kappa shape index (κ2) is 7.02. The highest BCUT2D eigenvalue weighted by molar-refractivity contribution is 5.80. The van der Waals surface area contributed by atoms with Gasteiger partial charge in [0.2, 0.25) is 5.89 Å². The van der Waals surface area contributed by atoms with Crippen molar-refractivity contribution in [1.82, 2.24) is 10.1 Å². The fourth-order valence-electron chi connectivity index (χ4n) is 2.07. The third-order valence-electron chi connectivity index (χ3n) is 3.14. The minimum absolute atomic E-state index is 0.292. The summed E-state index contributed by atoms with van der Waals surface area (Å²) in [6, 6.07) is 7.68. The summed E-state index contributed by atoms with van der Waals surface area (Å²) >= 11 is 0. The van der Waals surface area contributed by atoms with Crippen LogP contribution in [-0.4, -0.2) is 22.7 Å². The van der Waals surface area contributed by atoms with Gasteiger partial charge < -0.3 is 9.26 Å². The van der Waals surface area contributed by atoms with Crippen molar-refractivity contribution in [3.8, 4) is 0 Å². The fraction of sp³-hybridized carbons (Fsp3) is 0.438. The number of carbonyl (C=O) groups is 1. The Morgan fingerprint density at radius 1 is 1.29 bits per heavy atom. The highest BCUT2D eigenvalue weighted by Crippen LogP contribution is 2.25. The molecule has 0 bridgehead atoms. The molecule has 0 saturated carbocycles. The number of hydrogen-bond acceptors (Lipinski definition) is 5. The van der Waals surface area contributed by atoms with Crippen LogP contribution in [0.4, 0.5) is 0 Å². The zero-order valence-electron chi connectivity index (χ0n) is 12.6. The molecule has 2 rings (SSSR count). The molecular formula is C16H20N2O3. The number of esters is 1. The average Bonchev–Trinajstić information content (AvgIpc) is 2.90. The lowest BCUT2D eigenvalue weighted by Gasteiger charge is -2.12. The number of nitrogens with zero attached hydrogens (tertiary/aromatic N) is 2. The Balaban J connectivity index is 2.34. The number of carbonyl (C=O) groups excluding carboxylic acids is 1. The van der Waals surface area contributed by atoms with Crippen molar-refractivity contribution in [3.63, 3.8) is 0 Å². The predicted octanol–water partition coefficient (Wildman–Crippen LogP) is 3.03. The summed E-state index contributed by atoms with van der Waals surface area (Å²) < 4.78 is 10.4. The summed E-state index contributed by atoms with van der Waals surface area (Å²) in [5, 5.41) is 3.92. The van der Waals surface area contributed by atoms with Gasteiger partial charge in [-0.25, -0.2) is 0 Å². The standard InChI is InChI=1S/C16H20N2O3/c1-4-6-13-17-15(21-18-13)14(16(19)20-5-2)12-9-7-11(3)8-10-12/h7-10,14H,4-6H2,1-3H3. The first-order chi connectivity index (χ1) is 10.2. The third-order valence-corrected chi connectivity index (χ3v) is 3.14. The lowest BCUT2D eigenvalue weighted by molar-refractivity contribution is -0.144. The smallest absolute Gasteiger partial charge is 0.323 e. The first-order valence-electron chi connectivity index (χ1n) is 7.21. The van der Waals surface area contributed by atoms with Gasteiger partial charge in [-0.3, -0.25) is 4.79 Å². The van der Waals surface area contributed by atoms with Gasteiger partial charge in [0.05, 0.1) is 6.61 Å². The predicted molar refractivity (Wildman–Crippen MR) is 77.9 cm³/mol. The van der Waals surface area contributed by atoms with E-state index in [-0.39, 0.29) is 5.97 Å². The first kappa shape index (κ1) is 15.2. The molecule has 5 nitrogen and oxygen atoms in total. The van der Waals surface area contributed by atoms with Crippen LogP contribution in [0.25, 0.3) is 0 Å². The van der Waals surface area contributed by atoms with E-state index in [4.69, 9.17) is 9.26 Å². The van der Waals surface area contributed by atoms with Crippen LogP contribution in [0, 0.1) is 6.92 Å². The minimum Gasteiger partial charge on any atom is -0.465 e. The molecule has 0 radical (unpaired) electrons. The van der Waals surface area contributed by atoms with Gasteiger partial charge in [-0.15, -0.1) is 0 Å². The van der Waals surface area contributed by atoms with Crippen molar-refractivity contribution in [2.24, 2.45) is 0 Å². The molecule has 0 aliphatic heterocycles. The summed E-state index contributed by atoms with van der Waals surface area (Å²) in [6.07, 6.45) is 1.65. The Morgan fingerprint density at radius 2 is 2.00 bits per heavy atom. The van der Waals surface area contributed by atoms with Gasteiger partial charge in [-0.1, -0.05) is 41.9 Å². The Bertz CT molecular complexity index is 590. The maximum Gasteiger partial charge on any atom is 0.323 e. The molecule has 1 heterocycles. The zero-order valence-corrected chi connectivity index (χ0v) is 12.6. The van der Waals surface area contributed by atoms with Crippen molar-refractivity contribution in [2.75, 3.05) is 6.61 Å². The van der Waals surface area contributed by atoms with Crippen LogP contribution in [0.2, 0.25) is 0 Å². The van der Waals surface area contributed by atoms with Crippen molar-refractivity contribution in [2.45, 2.75) is 39.5 Å². The summed E-state index contributed by atoms with van der Waals surface area (Å²) in [6.45, 7) is 6.13. The Kier molecular flexibility index (Phi) is 5.09. The summed E-state index contributed by atoms with van der Waals surface area (Å²) in [7, 11) is 0. The monoisotopic (exact) mass is 288 g/mol. The largest absolute Gasteiger partial charge is 0.465 e. The first-order valence-corrected chi connectivity index (χ1v) is 7.21. The SMILES string of the molecule is CCCc1noc(C(C(=O)OCC)c2ccc(C)cc2)n1. The van der Waals surface area contributed by atoms with Crippen LogP contribution in [0.3, 0.4) is 0 Å². The van der Waals surface area contributed by atoms with E-state index in [0.717, 1.165) is 24.0 Å². The van der Waals surface area contributed by atoms with E-state index in [0.29, 0.717) is 18.3 Å². The molecule has 5 heteroatoms. The molecule has 0 amide bonds. The summed E-state index contributed by atoms with van der Waals surface area (Å²) in [5.41, 5.74) is 1.92. The molecule has 21 heavy (non-hydrogen) atoms. The lowest BCUT2D eigenvalue weighted by atomic mass is 9.98. The molecule has 0 saturated heterocycles. The van der Waals surface area contributed by atoms with Gasteiger partial charge in [-0.05, 0) is 25.8 Å². The van der Waals surface area contributed by atoms with Crippen LogP contribution < -0.4 is 0 Å². The minimum atomic E-state index is -0.663. The molecule has 0 aliphatic carbocycles. The molecule has 112 valence electrons. The number of aryl methyl sites for hydroxylation is 2. The van der Waals surface area contributed by atoms with E-state index in [1.165, 1.54) is 0 Å². The van der Waals surface area contributed by atoms with Crippen molar-refractivity contribution in [1.29, 1.82) is 0 Å². The van der Waals surface area contributed by atoms with Gasteiger partial charge >= 0.3 is 5.97 Å². The quantitative estimate of drug-likeness (QED) is 0.764. The zero-order chi connectivity index (χ0) is 15.2. The van der Waals surface area contributed by atoms with Crippen LogP contribution in [0.5, 0.6) is 0 Å². The van der Waals surface area contributed by atoms with Crippen molar-refractivity contribution in [3.05, 3.63) is 47.1 Å². The number of hydrogen-bond donors (Lipinski definition) is 0. The van der Waals surface area contributed by atoms with Crippen LogP contribution in [-0.2, 0) is 16.0 Å². The van der Waals surface area contributed by atoms with E-state index in [1.54, 1.807) is 6.92 Å². The van der Waals surface area contributed by atoms with E-state index in [9.17, 15) is 4.79 Å². The molecular weight excluding hydrogens is 268 g/mol. The highest BCUT2D eigenvalue weighted by atomic mass is 16.5. The van der Waals surface area contributed by atoms with Crippen molar-refractivity contribution < 1.29 is 14.1 Å². The van der Waals surface area contributed by atoms with Gasteiger partial charge in [0, 0.05) is 6.42 Å². The highest BCUT2D eigenvalue weighted by Gasteiger charge is 2.29. The normalized spacial score (nSPS) is 12.1. The number of aromatic nitrogens is 2. The lowest BCUT2D eigenvalue weighted by Crippen LogP contribution is -2.17. The van der Waals surface area contributed by atoms with E-state index >= 15 is 0 Å². The van der Waals surface area contributed by atoms with E-state index < -0.39 is 5.92 Å². The van der Waals surface area contributed by atoms with Gasteiger partial charge in [0.25, 0.3) is 0 Å².